The average molecular weight is 314 g/mol. The maximum absolute atomic E-state index is 11.8. The average Bonchev–Trinajstić information content (AvgIpc) is 2.54. The van der Waals surface area contributed by atoms with Crippen LogP contribution in [0, 0.1) is 0 Å². The van der Waals surface area contributed by atoms with Crippen LogP contribution in [0.15, 0.2) is 59.4 Å². The lowest BCUT2D eigenvalue weighted by molar-refractivity contribution is 0.945. The van der Waals surface area contributed by atoms with Gasteiger partial charge in [-0.3, -0.25) is 4.79 Å². The summed E-state index contributed by atoms with van der Waals surface area (Å²) in [5.41, 5.74) is 1.01. The summed E-state index contributed by atoms with van der Waals surface area (Å²) >= 11 is 6.07. The second kappa shape index (κ2) is 6.28. The normalized spacial score (nSPS) is 10.2. The molecule has 0 atom stereocenters. The number of nitrogens with one attached hydrogen (secondary N) is 3. The van der Waals surface area contributed by atoms with Crippen LogP contribution < -0.4 is 16.2 Å². The van der Waals surface area contributed by atoms with Crippen LogP contribution in [0.3, 0.4) is 0 Å². The Morgan fingerprint density at radius 1 is 0.955 bits per heavy atom. The molecule has 0 aliphatic heterocycles. The maximum atomic E-state index is 11.8. The van der Waals surface area contributed by atoms with Crippen molar-refractivity contribution in [2.75, 3.05) is 10.6 Å². The third-order valence-corrected chi connectivity index (χ3v) is 3.18. The van der Waals surface area contributed by atoms with Gasteiger partial charge in [-0.25, -0.2) is 5.10 Å². The van der Waals surface area contributed by atoms with Crippen LogP contribution in [0.5, 0.6) is 0 Å². The first-order chi connectivity index (χ1) is 10.7. The van der Waals surface area contributed by atoms with E-state index in [1.807, 2.05) is 42.5 Å². The zero-order chi connectivity index (χ0) is 15.4. The van der Waals surface area contributed by atoms with Gasteiger partial charge in [0, 0.05) is 5.69 Å². The first kappa shape index (κ1) is 14.1. The van der Waals surface area contributed by atoms with Crippen LogP contribution in [0.2, 0.25) is 5.02 Å². The van der Waals surface area contributed by atoms with E-state index < -0.39 is 5.56 Å². The van der Waals surface area contributed by atoms with Gasteiger partial charge in [0.2, 0.25) is 11.8 Å². The second-order valence-electron chi connectivity index (χ2n) is 4.43. The molecule has 0 unspecified atom stereocenters. The highest BCUT2D eigenvalue weighted by atomic mass is 35.5. The van der Waals surface area contributed by atoms with Crippen LogP contribution in [0.4, 0.5) is 23.1 Å². The molecule has 0 radical (unpaired) electrons. The molecular weight excluding hydrogens is 302 g/mol. The molecule has 0 aliphatic carbocycles. The molecule has 3 rings (SSSR count). The SMILES string of the molecule is O=c1[nH]nc(Nc2ccccc2Cl)nc1Nc1ccccc1. The summed E-state index contributed by atoms with van der Waals surface area (Å²) in [6, 6.07) is 16.5. The van der Waals surface area contributed by atoms with Crippen molar-refractivity contribution in [3.8, 4) is 0 Å². The van der Waals surface area contributed by atoms with Gasteiger partial charge in [0.25, 0.3) is 0 Å². The zero-order valence-corrected chi connectivity index (χ0v) is 12.1. The fourth-order valence-electron chi connectivity index (χ4n) is 1.82. The Labute approximate surface area is 131 Å². The number of nitrogens with zero attached hydrogens (tertiary/aromatic N) is 2. The monoisotopic (exact) mass is 313 g/mol. The van der Waals surface area contributed by atoms with Crippen molar-refractivity contribution in [2.24, 2.45) is 0 Å². The highest BCUT2D eigenvalue weighted by Crippen LogP contribution is 2.23. The fourth-order valence-corrected chi connectivity index (χ4v) is 2.00. The van der Waals surface area contributed by atoms with Crippen molar-refractivity contribution in [1.29, 1.82) is 0 Å². The molecule has 3 aromatic rings. The predicted octanol–water partition coefficient (Wildman–Crippen LogP) is 3.31. The molecule has 0 saturated carbocycles. The van der Waals surface area contributed by atoms with Crippen LogP contribution in [-0.4, -0.2) is 15.2 Å². The van der Waals surface area contributed by atoms with E-state index in [1.165, 1.54) is 0 Å². The van der Waals surface area contributed by atoms with Crippen LogP contribution >= 0.6 is 11.6 Å². The van der Waals surface area contributed by atoms with Gasteiger partial charge in [-0.2, -0.15) is 4.98 Å². The van der Waals surface area contributed by atoms with Gasteiger partial charge in [0.05, 0.1) is 10.7 Å². The number of hydrogen-bond acceptors (Lipinski definition) is 5. The van der Waals surface area contributed by atoms with Crippen molar-refractivity contribution in [3.63, 3.8) is 0 Å². The molecule has 7 heteroatoms. The summed E-state index contributed by atoms with van der Waals surface area (Å²) in [5, 5.41) is 12.7. The minimum Gasteiger partial charge on any atom is -0.335 e. The van der Waals surface area contributed by atoms with E-state index >= 15 is 0 Å². The molecule has 0 amide bonds. The lowest BCUT2D eigenvalue weighted by atomic mass is 10.3. The quantitative estimate of drug-likeness (QED) is 0.688. The highest BCUT2D eigenvalue weighted by Gasteiger charge is 2.07. The van der Waals surface area contributed by atoms with Gasteiger partial charge < -0.3 is 10.6 Å². The van der Waals surface area contributed by atoms with Crippen LogP contribution in [-0.2, 0) is 0 Å². The molecule has 0 saturated heterocycles. The minimum absolute atomic E-state index is 0.149. The predicted molar refractivity (Wildman–Crippen MR) is 87.1 cm³/mol. The van der Waals surface area contributed by atoms with E-state index in [2.05, 4.69) is 25.8 Å². The van der Waals surface area contributed by atoms with Crippen molar-refractivity contribution in [1.82, 2.24) is 15.2 Å². The standard InChI is InChI=1S/C15H12ClN5O/c16-11-8-4-5-9-12(11)18-15-19-13(14(22)20-21-15)17-10-6-2-1-3-7-10/h1-9H,(H,20,22)(H2,17,18,19,21). The smallest absolute Gasteiger partial charge is 0.307 e. The van der Waals surface area contributed by atoms with Crippen LogP contribution in [0.25, 0.3) is 0 Å². The molecule has 22 heavy (non-hydrogen) atoms. The Kier molecular flexibility index (Phi) is 4.02. The molecule has 0 aliphatic rings. The van der Waals surface area contributed by atoms with E-state index in [0.29, 0.717) is 10.7 Å². The van der Waals surface area contributed by atoms with Gasteiger partial charge in [0.1, 0.15) is 0 Å². The molecule has 0 fully saturated rings. The molecule has 0 spiro atoms. The van der Waals surface area contributed by atoms with E-state index in [0.717, 1.165) is 5.69 Å². The third-order valence-electron chi connectivity index (χ3n) is 2.85. The second-order valence-corrected chi connectivity index (χ2v) is 4.84. The number of anilines is 4. The first-order valence-corrected chi connectivity index (χ1v) is 6.90. The van der Waals surface area contributed by atoms with E-state index in [1.54, 1.807) is 12.1 Å². The Bertz CT molecular complexity index is 835. The van der Waals surface area contributed by atoms with E-state index in [-0.39, 0.29) is 11.8 Å². The molecule has 110 valence electrons. The summed E-state index contributed by atoms with van der Waals surface area (Å²) < 4.78 is 0. The molecule has 2 aromatic carbocycles. The number of benzene rings is 2. The minimum atomic E-state index is -0.409. The number of halogens is 1. The molecule has 1 heterocycles. The lowest BCUT2D eigenvalue weighted by Gasteiger charge is -2.08. The number of para-hydroxylation sites is 2. The number of aromatic nitrogens is 3. The van der Waals surface area contributed by atoms with Crippen molar-refractivity contribution >= 4 is 34.7 Å². The number of rotatable bonds is 4. The van der Waals surface area contributed by atoms with Crippen molar-refractivity contribution in [2.45, 2.75) is 0 Å². The summed E-state index contributed by atoms with van der Waals surface area (Å²) in [6.07, 6.45) is 0. The summed E-state index contributed by atoms with van der Waals surface area (Å²) in [5.74, 6) is 0.391. The number of aromatic amines is 1. The number of H-pyrrole nitrogens is 1. The topological polar surface area (TPSA) is 82.7 Å². The zero-order valence-electron chi connectivity index (χ0n) is 11.4. The Hall–Kier alpha value is -2.86. The van der Waals surface area contributed by atoms with Crippen LogP contribution in [0.1, 0.15) is 0 Å². The maximum Gasteiger partial charge on any atom is 0.307 e. The summed E-state index contributed by atoms with van der Waals surface area (Å²) in [7, 11) is 0. The highest BCUT2D eigenvalue weighted by molar-refractivity contribution is 6.33. The summed E-state index contributed by atoms with van der Waals surface area (Å²) in [4.78, 5) is 16.0. The molecule has 0 bridgehead atoms. The Balaban J connectivity index is 1.87. The van der Waals surface area contributed by atoms with Crippen molar-refractivity contribution < 1.29 is 0 Å². The Morgan fingerprint density at radius 2 is 1.68 bits per heavy atom. The summed E-state index contributed by atoms with van der Waals surface area (Å²) in [6.45, 7) is 0. The van der Waals surface area contributed by atoms with Gasteiger partial charge in [-0.05, 0) is 24.3 Å². The third kappa shape index (κ3) is 3.24. The Morgan fingerprint density at radius 3 is 2.45 bits per heavy atom. The van der Waals surface area contributed by atoms with E-state index in [9.17, 15) is 4.79 Å². The lowest BCUT2D eigenvalue weighted by Crippen LogP contribution is -2.17. The fraction of sp³-hybridized carbons (Fsp3) is 0. The number of hydrogen-bond donors (Lipinski definition) is 3. The molecule has 6 nitrogen and oxygen atoms in total. The largest absolute Gasteiger partial charge is 0.335 e. The van der Waals surface area contributed by atoms with Gasteiger partial charge in [-0.1, -0.05) is 41.9 Å². The molecule has 1 aromatic heterocycles. The van der Waals surface area contributed by atoms with Gasteiger partial charge in [-0.15, -0.1) is 5.10 Å². The van der Waals surface area contributed by atoms with Gasteiger partial charge >= 0.3 is 5.56 Å². The van der Waals surface area contributed by atoms with E-state index in [4.69, 9.17) is 11.6 Å². The molecule has 3 N–H and O–H groups in total. The van der Waals surface area contributed by atoms with Gasteiger partial charge in [0.15, 0.2) is 0 Å². The van der Waals surface area contributed by atoms with Crippen molar-refractivity contribution in [3.05, 3.63) is 70.0 Å². The first-order valence-electron chi connectivity index (χ1n) is 6.53. The molecular formula is C15H12ClN5O.